The van der Waals surface area contributed by atoms with Gasteiger partial charge in [-0.2, -0.15) is 0 Å². The zero-order chi connectivity index (χ0) is 15.5. The van der Waals surface area contributed by atoms with Crippen LogP contribution in [0.25, 0.3) is 0 Å². The van der Waals surface area contributed by atoms with Crippen LogP contribution in [-0.4, -0.2) is 52.6 Å². The molecule has 0 spiro atoms. The van der Waals surface area contributed by atoms with Crippen LogP contribution in [0.3, 0.4) is 0 Å². The van der Waals surface area contributed by atoms with E-state index in [0.717, 1.165) is 25.1 Å². The first-order valence-corrected chi connectivity index (χ1v) is 8.25. The van der Waals surface area contributed by atoms with E-state index in [4.69, 9.17) is 0 Å². The van der Waals surface area contributed by atoms with Crippen LogP contribution >= 0.6 is 0 Å². The van der Waals surface area contributed by atoms with E-state index in [2.05, 4.69) is 14.4 Å². The van der Waals surface area contributed by atoms with Gasteiger partial charge in [-0.3, -0.25) is 4.79 Å². The minimum atomic E-state index is -3.51. The number of hydrogen-bond acceptors (Lipinski definition) is 5. The predicted octanol–water partition coefficient (Wildman–Crippen LogP) is 0.385. The first-order valence-electron chi connectivity index (χ1n) is 6.77. The van der Waals surface area contributed by atoms with Crippen molar-refractivity contribution in [2.75, 3.05) is 27.2 Å². The number of rotatable bonds is 5. The second-order valence-electron chi connectivity index (χ2n) is 5.27. The molecule has 1 heterocycles. The fourth-order valence-corrected chi connectivity index (χ4v) is 3.61. The molecule has 116 valence electrons. The highest BCUT2D eigenvalue weighted by Crippen LogP contribution is 2.14. The van der Waals surface area contributed by atoms with Gasteiger partial charge in [0.05, 0.1) is 18.4 Å². The summed E-state index contributed by atoms with van der Waals surface area (Å²) in [6.07, 6.45) is 0.952. The number of methoxy groups -OCH3 is 1. The van der Waals surface area contributed by atoms with Crippen molar-refractivity contribution < 1.29 is 17.9 Å². The Kier molecular flexibility index (Phi) is 4.97. The summed E-state index contributed by atoms with van der Waals surface area (Å²) >= 11 is 0. The number of likely N-dealkylation sites (N-methyl/N-ethyl adjacent to an activating group) is 1. The van der Waals surface area contributed by atoms with Gasteiger partial charge in [0, 0.05) is 12.6 Å². The molecule has 1 aromatic rings. The lowest BCUT2D eigenvalue weighted by molar-refractivity contribution is -0.139. The van der Waals surface area contributed by atoms with Gasteiger partial charge in [-0.25, -0.2) is 13.1 Å². The number of nitrogens with zero attached hydrogens (tertiary/aromatic N) is 1. The minimum absolute atomic E-state index is 0.0465. The van der Waals surface area contributed by atoms with Crippen molar-refractivity contribution in [2.45, 2.75) is 23.8 Å². The Hall–Kier alpha value is -1.44. The summed E-state index contributed by atoms with van der Waals surface area (Å²) < 4.78 is 31.8. The summed E-state index contributed by atoms with van der Waals surface area (Å²) in [5, 5.41) is 0. The molecule has 1 saturated heterocycles. The zero-order valence-electron chi connectivity index (χ0n) is 12.2. The van der Waals surface area contributed by atoms with E-state index >= 15 is 0 Å². The number of ether oxygens (including phenoxy) is 1. The Morgan fingerprint density at radius 3 is 2.57 bits per heavy atom. The molecule has 0 aromatic heterocycles. The van der Waals surface area contributed by atoms with E-state index in [1.165, 1.54) is 19.2 Å². The van der Waals surface area contributed by atoms with Crippen molar-refractivity contribution in [3.05, 3.63) is 29.8 Å². The monoisotopic (exact) mass is 312 g/mol. The van der Waals surface area contributed by atoms with Crippen LogP contribution in [0.15, 0.2) is 29.2 Å². The number of esters is 1. The molecule has 1 atom stereocenters. The molecule has 1 aliphatic rings. The number of likely N-dealkylation sites (tertiary alicyclic amines) is 1. The fourth-order valence-electron chi connectivity index (χ4n) is 2.34. The molecular weight excluding hydrogens is 292 g/mol. The quantitative estimate of drug-likeness (QED) is 0.796. The van der Waals surface area contributed by atoms with Crippen molar-refractivity contribution in [3.8, 4) is 0 Å². The molecule has 0 bridgehead atoms. The number of carbonyl (C=O) groups is 1. The standard InChI is InChI=1S/C14H20N2O4S/c1-16-8-7-12(10-16)15-21(18,19)13-5-3-11(4-6-13)9-14(17)20-2/h3-6,12,15H,7-10H2,1-2H3. The van der Waals surface area contributed by atoms with E-state index in [1.807, 2.05) is 7.05 Å². The van der Waals surface area contributed by atoms with Gasteiger partial charge in [0.25, 0.3) is 0 Å². The normalized spacial score (nSPS) is 19.6. The number of sulfonamides is 1. The van der Waals surface area contributed by atoms with E-state index in [-0.39, 0.29) is 23.3 Å². The smallest absolute Gasteiger partial charge is 0.309 e. The Morgan fingerprint density at radius 1 is 1.38 bits per heavy atom. The van der Waals surface area contributed by atoms with Crippen LogP contribution < -0.4 is 4.72 Å². The highest BCUT2D eigenvalue weighted by molar-refractivity contribution is 7.89. The Labute approximate surface area is 125 Å². The maximum Gasteiger partial charge on any atom is 0.309 e. The Balaban J connectivity index is 2.04. The summed E-state index contributed by atoms with van der Waals surface area (Å²) in [7, 11) is -0.219. The summed E-state index contributed by atoms with van der Waals surface area (Å²) in [5.74, 6) is -0.349. The molecule has 6 nitrogen and oxygen atoms in total. The molecular formula is C14H20N2O4S. The van der Waals surface area contributed by atoms with Gasteiger partial charge >= 0.3 is 5.97 Å². The van der Waals surface area contributed by atoms with Gasteiger partial charge in [0.2, 0.25) is 10.0 Å². The van der Waals surface area contributed by atoms with Crippen molar-refractivity contribution in [1.29, 1.82) is 0 Å². The number of benzene rings is 1. The Morgan fingerprint density at radius 2 is 2.05 bits per heavy atom. The molecule has 7 heteroatoms. The van der Waals surface area contributed by atoms with Crippen molar-refractivity contribution in [2.24, 2.45) is 0 Å². The third-order valence-electron chi connectivity index (χ3n) is 3.52. The highest BCUT2D eigenvalue weighted by Gasteiger charge is 2.25. The van der Waals surface area contributed by atoms with Crippen LogP contribution in [-0.2, 0) is 26.0 Å². The van der Waals surface area contributed by atoms with Gasteiger partial charge in [-0.05, 0) is 37.7 Å². The summed E-state index contributed by atoms with van der Waals surface area (Å²) in [5.41, 5.74) is 0.724. The lowest BCUT2D eigenvalue weighted by Gasteiger charge is -2.13. The van der Waals surface area contributed by atoms with Gasteiger partial charge < -0.3 is 9.64 Å². The maximum absolute atomic E-state index is 12.3. The van der Waals surface area contributed by atoms with E-state index in [9.17, 15) is 13.2 Å². The second kappa shape index (κ2) is 6.55. The molecule has 0 radical (unpaired) electrons. The van der Waals surface area contributed by atoms with Gasteiger partial charge in [-0.15, -0.1) is 0 Å². The van der Waals surface area contributed by atoms with Crippen LogP contribution in [0.1, 0.15) is 12.0 Å². The second-order valence-corrected chi connectivity index (χ2v) is 6.98. The SMILES string of the molecule is COC(=O)Cc1ccc(S(=O)(=O)NC2CCN(C)C2)cc1. The minimum Gasteiger partial charge on any atom is -0.469 e. The molecule has 1 N–H and O–H groups in total. The average Bonchev–Trinajstić information content (AvgIpc) is 2.83. The molecule has 0 amide bonds. The molecule has 1 fully saturated rings. The topological polar surface area (TPSA) is 75.7 Å². The maximum atomic E-state index is 12.3. The summed E-state index contributed by atoms with van der Waals surface area (Å²) in [6, 6.07) is 6.24. The van der Waals surface area contributed by atoms with Gasteiger partial charge in [-0.1, -0.05) is 12.1 Å². The molecule has 0 aliphatic carbocycles. The van der Waals surface area contributed by atoms with E-state index in [0.29, 0.717) is 0 Å². The van der Waals surface area contributed by atoms with Crippen LogP contribution in [0.5, 0.6) is 0 Å². The summed E-state index contributed by atoms with van der Waals surface area (Å²) in [4.78, 5) is 13.5. The zero-order valence-corrected chi connectivity index (χ0v) is 13.0. The van der Waals surface area contributed by atoms with Crippen molar-refractivity contribution >= 4 is 16.0 Å². The Bertz CT molecular complexity index is 598. The van der Waals surface area contributed by atoms with Gasteiger partial charge in [0.1, 0.15) is 0 Å². The predicted molar refractivity (Wildman–Crippen MR) is 78.4 cm³/mol. The van der Waals surface area contributed by atoms with E-state index < -0.39 is 10.0 Å². The lowest BCUT2D eigenvalue weighted by atomic mass is 10.2. The number of carbonyl (C=O) groups excluding carboxylic acids is 1. The molecule has 0 saturated carbocycles. The van der Waals surface area contributed by atoms with Crippen molar-refractivity contribution in [1.82, 2.24) is 9.62 Å². The summed E-state index contributed by atoms with van der Waals surface area (Å²) in [6.45, 7) is 1.62. The first-order chi connectivity index (χ1) is 9.90. The first kappa shape index (κ1) is 15.9. The van der Waals surface area contributed by atoms with Crippen molar-refractivity contribution in [3.63, 3.8) is 0 Å². The average molecular weight is 312 g/mol. The third-order valence-corrected chi connectivity index (χ3v) is 5.06. The third kappa shape index (κ3) is 4.26. The van der Waals surface area contributed by atoms with E-state index in [1.54, 1.807) is 12.1 Å². The van der Waals surface area contributed by atoms with Crippen LogP contribution in [0.4, 0.5) is 0 Å². The van der Waals surface area contributed by atoms with Crippen LogP contribution in [0, 0.1) is 0 Å². The molecule has 1 aliphatic heterocycles. The van der Waals surface area contributed by atoms with Crippen LogP contribution in [0.2, 0.25) is 0 Å². The highest BCUT2D eigenvalue weighted by atomic mass is 32.2. The molecule has 1 unspecified atom stereocenters. The molecule has 21 heavy (non-hydrogen) atoms. The largest absolute Gasteiger partial charge is 0.469 e. The molecule has 1 aromatic carbocycles. The number of nitrogens with one attached hydrogen (secondary N) is 1. The lowest BCUT2D eigenvalue weighted by Crippen LogP contribution is -2.36. The number of hydrogen-bond donors (Lipinski definition) is 1. The fraction of sp³-hybridized carbons (Fsp3) is 0.500. The van der Waals surface area contributed by atoms with Gasteiger partial charge in [0.15, 0.2) is 0 Å². The molecule has 2 rings (SSSR count).